The molecule has 2 aliphatic rings. The van der Waals surface area contributed by atoms with Gasteiger partial charge < -0.3 is 29.8 Å². The molecular weight excluding hydrogens is 592 g/mol. The number of anilines is 2. The first-order chi connectivity index (χ1) is 21.5. The summed E-state index contributed by atoms with van der Waals surface area (Å²) in [6, 6.07) is 11.2. The van der Waals surface area contributed by atoms with E-state index in [-0.39, 0.29) is 11.8 Å². The van der Waals surface area contributed by atoms with Gasteiger partial charge in [0.15, 0.2) is 11.6 Å². The largest absolute Gasteiger partial charge is 0.392 e. The lowest BCUT2D eigenvalue weighted by Crippen LogP contribution is -2.36. The Morgan fingerprint density at radius 1 is 0.867 bits per heavy atom. The molecule has 3 N–H and O–H groups in total. The van der Waals surface area contributed by atoms with Crippen molar-refractivity contribution >= 4 is 34.8 Å². The van der Waals surface area contributed by atoms with E-state index in [1.54, 1.807) is 13.0 Å². The Hall–Kier alpha value is -4.03. The van der Waals surface area contributed by atoms with Gasteiger partial charge in [0.2, 0.25) is 0 Å². The number of carbonyl (C=O) groups excluding carboxylic acids is 2. The smallest absolute Gasteiger partial charge is 0.291 e. The highest BCUT2D eigenvalue weighted by molar-refractivity contribution is 6.36. The number of fused-ring (bicyclic) bond motifs is 2. The fourth-order valence-corrected chi connectivity index (χ4v) is 6.71. The topological polar surface area (TPSA) is 121 Å². The number of imidazole rings is 2. The van der Waals surface area contributed by atoms with Crippen LogP contribution in [0.3, 0.4) is 0 Å². The van der Waals surface area contributed by atoms with Gasteiger partial charge in [0.25, 0.3) is 11.8 Å². The van der Waals surface area contributed by atoms with E-state index in [0.717, 1.165) is 65.4 Å². The number of carbonyl (C=O) groups is 2. The quantitative estimate of drug-likeness (QED) is 0.282. The zero-order valence-corrected chi connectivity index (χ0v) is 27.1. The van der Waals surface area contributed by atoms with Gasteiger partial charge in [0.1, 0.15) is 0 Å². The lowest BCUT2D eigenvalue weighted by Gasteiger charge is -2.27. The standard InChI is InChI=1S/C33H39ClN8O3/c1-19(43)16-42-15-13-28-26(18-42)36-30(41(28)5)32(44)37-23-10-6-8-21(20(23)2)22-9-7-11-24(29(22)34)38-33(45)31-35-25-17-39(3)14-12-27(25)40(31)4/h6-11,19,43H,12-18H2,1-5H3,(H,37,44)(H,38,45)/t19-/m0/s1. The Morgan fingerprint density at radius 2 is 1.42 bits per heavy atom. The number of nitrogens with zero attached hydrogens (tertiary/aromatic N) is 6. The number of β-amino-alcohol motifs (C(OH)–C–C–N with tert-alkyl or cyclic N) is 1. The second-order valence-electron chi connectivity index (χ2n) is 12.2. The van der Waals surface area contributed by atoms with E-state index < -0.39 is 6.10 Å². The Balaban J connectivity index is 1.22. The first-order valence-electron chi connectivity index (χ1n) is 15.2. The average Bonchev–Trinajstić information content (AvgIpc) is 3.50. The molecule has 2 aromatic carbocycles. The number of likely N-dealkylation sites (N-methyl/N-ethyl adjacent to an activating group) is 1. The minimum atomic E-state index is -0.424. The van der Waals surface area contributed by atoms with Gasteiger partial charge >= 0.3 is 0 Å². The highest BCUT2D eigenvalue weighted by atomic mass is 35.5. The van der Waals surface area contributed by atoms with E-state index in [9.17, 15) is 14.7 Å². The maximum atomic E-state index is 13.5. The molecule has 0 radical (unpaired) electrons. The van der Waals surface area contributed by atoms with Crippen molar-refractivity contribution in [1.82, 2.24) is 28.9 Å². The molecule has 4 heterocycles. The predicted octanol–water partition coefficient (Wildman–Crippen LogP) is 4.01. The Labute approximate surface area is 267 Å². The van der Waals surface area contributed by atoms with Crippen LogP contribution in [0.2, 0.25) is 5.02 Å². The molecule has 0 spiro atoms. The summed E-state index contributed by atoms with van der Waals surface area (Å²) in [4.78, 5) is 40.5. The third kappa shape index (κ3) is 6.00. The van der Waals surface area contributed by atoms with Crippen molar-refractivity contribution in [3.05, 3.63) is 81.4 Å². The van der Waals surface area contributed by atoms with Crippen LogP contribution in [-0.4, -0.2) is 78.6 Å². The molecular formula is C33H39ClN8O3. The molecule has 0 aliphatic carbocycles. The third-order valence-corrected chi connectivity index (χ3v) is 9.24. The highest BCUT2D eigenvalue weighted by Gasteiger charge is 2.27. The lowest BCUT2D eigenvalue weighted by molar-refractivity contribution is 0.100. The van der Waals surface area contributed by atoms with Crippen LogP contribution in [0.15, 0.2) is 36.4 Å². The number of aliphatic hydroxyl groups excluding tert-OH is 1. The fraction of sp³-hybridized carbons (Fsp3) is 0.394. The number of rotatable bonds is 7. The average molecular weight is 631 g/mol. The predicted molar refractivity (Wildman–Crippen MR) is 175 cm³/mol. The maximum Gasteiger partial charge on any atom is 0.291 e. The van der Waals surface area contributed by atoms with E-state index in [0.29, 0.717) is 47.7 Å². The van der Waals surface area contributed by atoms with Crippen LogP contribution in [-0.2, 0) is 40.0 Å². The number of benzene rings is 2. The van der Waals surface area contributed by atoms with E-state index >= 15 is 0 Å². The van der Waals surface area contributed by atoms with Crippen LogP contribution in [0.25, 0.3) is 11.1 Å². The number of hydrogen-bond donors (Lipinski definition) is 3. The van der Waals surface area contributed by atoms with Gasteiger partial charge in [-0.1, -0.05) is 35.9 Å². The summed E-state index contributed by atoms with van der Waals surface area (Å²) in [5, 5.41) is 16.2. The van der Waals surface area contributed by atoms with Crippen molar-refractivity contribution in [3.63, 3.8) is 0 Å². The molecule has 11 nitrogen and oxygen atoms in total. The minimum Gasteiger partial charge on any atom is -0.392 e. The summed E-state index contributed by atoms with van der Waals surface area (Å²) >= 11 is 6.91. The van der Waals surface area contributed by atoms with E-state index in [4.69, 9.17) is 11.6 Å². The number of halogens is 1. The van der Waals surface area contributed by atoms with Crippen molar-refractivity contribution in [2.24, 2.45) is 14.1 Å². The molecule has 12 heteroatoms. The molecule has 4 aromatic rings. The highest BCUT2D eigenvalue weighted by Crippen LogP contribution is 2.38. The summed E-state index contributed by atoms with van der Waals surface area (Å²) in [5.74, 6) is 0.0710. The van der Waals surface area contributed by atoms with Crippen molar-refractivity contribution in [1.29, 1.82) is 0 Å². The van der Waals surface area contributed by atoms with E-state index in [2.05, 4.69) is 30.4 Å². The summed E-state index contributed by atoms with van der Waals surface area (Å²) < 4.78 is 3.73. The molecule has 0 saturated heterocycles. The first-order valence-corrected chi connectivity index (χ1v) is 15.6. The Kier molecular flexibility index (Phi) is 8.53. The second-order valence-corrected chi connectivity index (χ2v) is 12.5. The maximum absolute atomic E-state index is 13.5. The van der Waals surface area contributed by atoms with Gasteiger partial charge in [-0.2, -0.15) is 0 Å². The molecule has 1 atom stereocenters. The van der Waals surface area contributed by atoms with E-state index in [1.165, 1.54) is 0 Å². The molecule has 6 rings (SSSR count). The Bertz CT molecular complexity index is 1790. The molecule has 2 aromatic heterocycles. The number of aromatic nitrogens is 4. The van der Waals surface area contributed by atoms with Gasteiger partial charge in [0, 0.05) is 82.3 Å². The Morgan fingerprint density at radius 3 is 2.07 bits per heavy atom. The van der Waals surface area contributed by atoms with Crippen LogP contribution in [0.1, 0.15) is 56.5 Å². The number of amides is 2. The molecule has 2 aliphatic heterocycles. The fourth-order valence-electron chi connectivity index (χ4n) is 6.43. The van der Waals surface area contributed by atoms with Gasteiger partial charge in [-0.15, -0.1) is 0 Å². The molecule has 0 bridgehead atoms. The monoisotopic (exact) mass is 630 g/mol. The van der Waals surface area contributed by atoms with Crippen LogP contribution >= 0.6 is 11.6 Å². The van der Waals surface area contributed by atoms with Gasteiger partial charge in [-0.05, 0) is 44.2 Å². The lowest BCUT2D eigenvalue weighted by atomic mass is 9.98. The van der Waals surface area contributed by atoms with Crippen LogP contribution in [0.5, 0.6) is 0 Å². The number of aliphatic hydroxyl groups is 1. The van der Waals surface area contributed by atoms with Gasteiger partial charge in [-0.3, -0.25) is 14.5 Å². The SMILES string of the molecule is Cc1c(NC(=O)c2nc3c(n2C)CCN(C[C@H](C)O)C3)cccc1-c1cccc(NC(=O)c2nc3c(n2C)CCN(C)C3)c1Cl. The summed E-state index contributed by atoms with van der Waals surface area (Å²) in [7, 11) is 5.79. The molecule has 2 amide bonds. The van der Waals surface area contributed by atoms with Gasteiger partial charge in [-0.25, -0.2) is 9.97 Å². The normalized spacial score (nSPS) is 15.8. The molecule has 0 fully saturated rings. The van der Waals surface area contributed by atoms with E-state index in [1.807, 2.05) is 67.5 Å². The van der Waals surface area contributed by atoms with Crippen LogP contribution < -0.4 is 10.6 Å². The zero-order valence-electron chi connectivity index (χ0n) is 26.3. The van der Waals surface area contributed by atoms with Crippen LogP contribution in [0, 0.1) is 6.92 Å². The zero-order chi connectivity index (χ0) is 32.0. The van der Waals surface area contributed by atoms with Crippen molar-refractivity contribution in [2.45, 2.75) is 45.9 Å². The molecule has 0 saturated carbocycles. The molecule has 45 heavy (non-hydrogen) atoms. The number of nitrogens with one attached hydrogen (secondary N) is 2. The first kappa shape index (κ1) is 31.0. The summed E-state index contributed by atoms with van der Waals surface area (Å²) in [6.45, 7) is 7.31. The summed E-state index contributed by atoms with van der Waals surface area (Å²) in [5.41, 5.74) is 7.43. The number of hydrogen-bond acceptors (Lipinski definition) is 7. The summed E-state index contributed by atoms with van der Waals surface area (Å²) in [6.07, 6.45) is 1.18. The second kappa shape index (κ2) is 12.4. The van der Waals surface area contributed by atoms with Crippen molar-refractivity contribution in [2.75, 3.05) is 37.3 Å². The van der Waals surface area contributed by atoms with Crippen molar-refractivity contribution < 1.29 is 14.7 Å². The van der Waals surface area contributed by atoms with Gasteiger partial charge in [0.05, 0.1) is 28.2 Å². The molecule has 236 valence electrons. The molecule has 0 unspecified atom stereocenters. The third-order valence-electron chi connectivity index (χ3n) is 8.83. The van der Waals surface area contributed by atoms with Crippen LogP contribution in [0.4, 0.5) is 11.4 Å². The van der Waals surface area contributed by atoms with Crippen molar-refractivity contribution in [3.8, 4) is 11.1 Å². The minimum absolute atomic E-state index is 0.301.